The van der Waals surface area contributed by atoms with Crippen molar-refractivity contribution in [2.24, 2.45) is 0 Å². The summed E-state index contributed by atoms with van der Waals surface area (Å²) >= 11 is 5.77. The molecule has 0 saturated heterocycles. The average Bonchev–Trinajstić information content (AvgIpc) is 2.14. The topological polar surface area (TPSA) is 37.3 Å². The van der Waals surface area contributed by atoms with Crippen molar-refractivity contribution in [3.8, 4) is 0 Å². The Hall–Kier alpha value is -0.750. The molecule has 0 spiro atoms. The molecular weight excluding hydrogens is 338 g/mol. The predicted octanol–water partition coefficient (Wildman–Crippen LogP) is 3.59. The predicted molar refractivity (Wildman–Crippen MR) is 58.4 cm³/mol. The number of carboxylic acid groups (broad SMARTS) is 1. The molecule has 0 saturated carbocycles. The van der Waals surface area contributed by atoms with Gasteiger partial charge in [0, 0.05) is 11.6 Å². The first-order chi connectivity index (χ1) is 6.93. The van der Waals surface area contributed by atoms with Gasteiger partial charge in [0.05, 0.1) is 8.95 Å². The van der Waals surface area contributed by atoms with E-state index in [1.165, 1.54) is 6.07 Å². The summed E-state index contributed by atoms with van der Waals surface area (Å²) in [6, 6.07) is 1.21. The van der Waals surface area contributed by atoms with E-state index in [1.54, 1.807) is 0 Å². The lowest BCUT2D eigenvalue weighted by Crippen LogP contribution is -1.94. The molecule has 1 aromatic carbocycles. The Morgan fingerprint density at radius 2 is 1.73 bits per heavy atom. The van der Waals surface area contributed by atoms with Gasteiger partial charge in [0.15, 0.2) is 0 Å². The summed E-state index contributed by atoms with van der Waals surface area (Å²) in [4.78, 5) is 10.2. The number of aliphatic carboxylic acids is 1. The summed E-state index contributed by atoms with van der Waals surface area (Å²) in [5.41, 5.74) is -0.404. The molecule has 80 valence electrons. The third kappa shape index (κ3) is 2.85. The molecule has 1 N–H and O–H groups in total. The zero-order chi connectivity index (χ0) is 11.6. The molecule has 0 amide bonds. The fourth-order valence-corrected chi connectivity index (χ4v) is 2.08. The van der Waals surface area contributed by atoms with Crippen LogP contribution in [0.15, 0.2) is 21.1 Å². The van der Waals surface area contributed by atoms with Gasteiger partial charge in [-0.3, -0.25) is 0 Å². The van der Waals surface area contributed by atoms with Crippen molar-refractivity contribution in [2.45, 2.75) is 0 Å². The molecule has 0 aliphatic heterocycles. The van der Waals surface area contributed by atoms with E-state index in [9.17, 15) is 13.6 Å². The van der Waals surface area contributed by atoms with Crippen LogP contribution >= 0.6 is 31.9 Å². The number of hydrogen-bond donors (Lipinski definition) is 1. The molecule has 0 aliphatic carbocycles. The summed E-state index contributed by atoms with van der Waals surface area (Å²) in [5.74, 6) is -2.95. The van der Waals surface area contributed by atoms with Crippen LogP contribution in [-0.4, -0.2) is 11.1 Å². The van der Waals surface area contributed by atoms with Gasteiger partial charge in [0.2, 0.25) is 0 Å². The minimum Gasteiger partial charge on any atom is -0.478 e. The van der Waals surface area contributed by atoms with Crippen LogP contribution in [0.5, 0.6) is 0 Å². The first-order valence-corrected chi connectivity index (χ1v) is 5.26. The van der Waals surface area contributed by atoms with Gasteiger partial charge in [-0.05, 0) is 44.0 Å². The lowest BCUT2D eigenvalue weighted by Gasteiger charge is -2.03. The summed E-state index contributed by atoms with van der Waals surface area (Å²) < 4.78 is 26.8. The van der Waals surface area contributed by atoms with Crippen molar-refractivity contribution >= 4 is 43.9 Å². The largest absolute Gasteiger partial charge is 0.478 e. The standard InChI is InChI=1S/C9H4Br2F2O2/c10-5-3-6(11)9(13)4(8(5)12)1-2-7(14)15/h1-3H,(H,14,15)/b2-1+. The quantitative estimate of drug-likeness (QED) is 0.659. The Bertz CT molecular complexity index is 418. The first kappa shape index (κ1) is 12.3. The Balaban J connectivity index is 3.33. The maximum absolute atomic E-state index is 13.3. The van der Waals surface area contributed by atoms with Crippen LogP contribution in [0.25, 0.3) is 6.08 Å². The number of benzene rings is 1. The zero-order valence-corrected chi connectivity index (χ0v) is 10.3. The fraction of sp³-hybridized carbons (Fsp3) is 0. The van der Waals surface area contributed by atoms with Gasteiger partial charge < -0.3 is 5.11 Å². The Morgan fingerprint density at radius 3 is 2.13 bits per heavy atom. The monoisotopic (exact) mass is 340 g/mol. The van der Waals surface area contributed by atoms with E-state index in [1.807, 2.05) is 0 Å². The van der Waals surface area contributed by atoms with Gasteiger partial charge in [-0.15, -0.1) is 0 Å². The van der Waals surface area contributed by atoms with Crippen LogP contribution in [0.4, 0.5) is 8.78 Å². The van der Waals surface area contributed by atoms with E-state index in [-0.39, 0.29) is 8.95 Å². The molecule has 0 aromatic heterocycles. The van der Waals surface area contributed by atoms with Crippen molar-refractivity contribution in [1.82, 2.24) is 0 Å². The zero-order valence-electron chi connectivity index (χ0n) is 7.10. The Morgan fingerprint density at radius 1 is 1.27 bits per heavy atom. The highest BCUT2D eigenvalue weighted by Gasteiger charge is 2.14. The van der Waals surface area contributed by atoms with Crippen LogP contribution in [0.2, 0.25) is 0 Å². The van der Waals surface area contributed by atoms with Crippen molar-refractivity contribution < 1.29 is 18.7 Å². The fourth-order valence-electron chi connectivity index (χ4n) is 0.893. The molecule has 6 heteroatoms. The summed E-state index contributed by atoms with van der Waals surface area (Å²) in [5, 5.41) is 8.34. The number of hydrogen-bond acceptors (Lipinski definition) is 1. The molecule has 0 fully saturated rings. The molecule has 0 bridgehead atoms. The maximum atomic E-state index is 13.3. The third-order valence-corrected chi connectivity index (χ3v) is 2.69. The van der Waals surface area contributed by atoms with Crippen LogP contribution in [0.1, 0.15) is 5.56 Å². The number of carbonyl (C=O) groups is 1. The summed E-state index contributed by atoms with van der Waals surface area (Å²) in [6.07, 6.45) is 1.53. The van der Waals surface area contributed by atoms with E-state index in [2.05, 4.69) is 31.9 Å². The molecule has 15 heavy (non-hydrogen) atoms. The normalized spacial score (nSPS) is 10.9. The van der Waals surface area contributed by atoms with E-state index < -0.39 is 23.2 Å². The van der Waals surface area contributed by atoms with E-state index in [0.29, 0.717) is 6.08 Å². The Kier molecular flexibility index (Phi) is 3.98. The van der Waals surface area contributed by atoms with Gasteiger partial charge in [-0.25, -0.2) is 13.6 Å². The highest BCUT2D eigenvalue weighted by atomic mass is 79.9. The molecule has 2 nitrogen and oxygen atoms in total. The lowest BCUT2D eigenvalue weighted by molar-refractivity contribution is -0.131. The van der Waals surface area contributed by atoms with Crippen LogP contribution in [0.3, 0.4) is 0 Å². The second-order valence-electron chi connectivity index (χ2n) is 2.55. The smallest absolute Gasteiger partial charge is 0.328 e. The molecule has 0 radical (unpaired) electrons. The molecule has 0 unspecified atom stereocenters. The summed E-state index contributed by atoms with van der Waals surface area (Å²) in [7, 11) is 0. The van der Waals surface area contributed by atoms with Crippen molar-refractivity contribution in [2.75, 3.05) is 0 Å². The van der Waals surface area contributed by atoms with Gasteiger partial charge in [0.1, 0.15) is 11.6 Å². The second kappa shape index (κ2) is 4.85. The highest BCUT2D eigenvalue weighted by Crippen LogP contribution is 2.29. The number of rotatable bonds is 2. The van der Waals surface area contributed by atoms with E-state index >= 15 is 0 Å². The minimum atomic E-state index is -1.27. The van der Waals surface area contributed by atoms with Crippen LogP contribution in [-0.2, 0) is 4.79 Å². The molecule has 0 atom stereocenters. The van der Waals surface area contributed by atoms with Crippen LogP contribution in [0, 0.1) is 11.6 Å². The molecule has 0 aliphatic rings. The van der Waals surface area contributed by atoms with Crippen molar-refractivity contribution in [3.05, 3.63) is 38.3 Å². The van der Waals surface area contributed by atoms with Crippen molar-refractivity contribution in [1.29, 1.82) is 0 Å². The van der Waals surface area contributed by atoms with E-state index in [4.69, 9.17) is 5.11 Å². The first-order valence-electron chi connectivity index (χ1n) is 3.67. The number of halogens is 4. The SMILES string of the molecule is O=C(O)/C=C/c1c(F)c(Br)cc(Br)c1F. The van der Waals surface area contributed by atoms with Gasteiger partial charge >= 0.3 is 5.97 Å². The highest BCUT2D eigenvalue weighted by molar-refractivity contribution is 9.11. The summed E-state index contributed by atoms with van der Waals surface area (Å²) in [6.45, 7) is 0. The molecular formula is C9H4Br2F2O2. The molecule has 0 heterocycles. The molecule has 1 aromatic rings. The lowest BCUT2D eigenvalue weighted by atomic mass is 10.2. The van der Waals surface area contributed by atoms with Gasteiger partial charge in [0.25, 0.3) is 0 Å². The Labute approximate surface area is 101 Å². The van der Waals surface area contributed by atoms with Crippen molar-refractivity contribution in [3.63, 3.8) is 0 Å². The average molecular weight is 342 g/mol. The van der Waals surface area contributed by atoms with Gasteiger partial charge in [-0.2, -0.15) is 0 Å². The maximum Gasteiger partial charge on any atom is 0.328 e. The minimum absolute atomic E-state index is 0.0563. The molecule has 1 rings (SSSR count). The van der Waals surface area contributed by atoms with Crippen LogP contribution < -0.4 is 0 Å². The van der Waals surface area contributed by atoms with Gasteiger partial charge in [-0.1, -0.05) is 0 Å². The number of carboxylic acids is 1. The van der Waals surface area contributed by atoms with E-state index in [0.717, 1.165) is 6.08 Å². The second-order valence-corrected chi connectivity index (χ2v) is 4.26. The third-order valence-electron chi connectivity index (χ3n) is 1.54.